The molecule has 0 aliphatic heterocycles. The average Bonchev–Trinajstić information content (AvgIpc) is 2.87. The average molecular weight is 356 g/mol. The van der Waals surface area contributed by atoms with Crippen LogP contribution in [0, 0.1) is 19.8 Å². The fourth-order valence-electron chi connectivity index (χ4n) is 2.34. The highest BCUT2D eigenvalue weighted by atomic mass is 35.5. The molecular weight excluding hydrogens is 334 g/mol. The molecule has 0 unspecified atom stereocenters. The lowest BCUT2D eigenvalue weighted by molar-refractivity contribution is 0.506. The molecule has 0 aliphatic rings. The molecule has 1 heterocycles. The molecule has 0 aliphatic carbocycles. The van der Waals surface area contributed by atoms with E-state index in [2.05, 4.69) is 23.6 Å². The van der Waals surface area contributed by atoms with Gasteiger partial charge in [-0.25, -0.2) is 18.1 Å². The normalized spacial score (nSPS) is 12.1. The van der Waals surface area contributed by atoms with Gasteiger partial charge in [0, 0.05) is 17.8 Å². The van der Waals surface area contributed by atoms with Crippen molar-refractivity contribution < 1.29 is 8.42 Å². The van der Waals surface area contributed by atoms with Gasteiger partial charge in [0.1, 0.15) is 0 Å². The smallest absolute Gasteiger partial charge is 0.241 e. The molecule has 126 valence electrons. The maximum absolute atomic E-state index is 12.6. The Kier molecular flexibility index (Phi) is 5.49. The van der Waals surface area contributed by atoms with Crippen molar-refractivity contribution in [2.24, 2.45) is 5.92 Å². The third-order valence-electron chi connectivity index (χ3n) is 3.55. The molecule has 2 aromatic rings. The molecule has 1 aromatic heterocycles. The number of aryl methyl sites for hydroxylation is 2. The number of nitrogens with one attached hydrogen (secondary N) is 1. The molecule has 0 fully saturated rings. The maximum Gasteiger partial charge on any atom is 0.241 e. The number of aromatic nitrogens is 2. The van der Waals surface area contributed by atoms with Gasteiger partial charge in [0.25, 0.3) is 0 Å². The summed E-state index contributed by atoms with van der Waals surface area (Å²) in [7, 11) is -3.60. The van der Waals surface area contributed by atoms with Crippen LogP contribution >= 0.6 is 11.6 Å². The van der Waals surface area contributed by atoms with Gasteiger partial charge in [0.2, 0.25) is 10.0 Å². The van der Waals surface area contributed by atoms with Crippen molar-refractivity contribution in [3.63, 3.8) is 0 Å². The Balaban J connectivity index is 2.20. The molecule has 23 heavy (non-hydrogen) atoms. The minimum absolute atomic E-state index is 0.205. The predicted molar refractivity (Wildman–Crippen MR) is 92.0 cm³/mol. The highest BCUT2D eigenvalue weighted by molar-refractivity contribution is 7.89. The van der Waals surface area contributed by atoms with Crippen LogP contribution < -0.4 is 4.72 Å². The summed E-state index contributed by atoms with van der Waals surface area (Å²) in [5, 5.41) is 0.566. The summed E-state index contributed by atoms with van der Waals surface area (Å²) in [4.78, 5) is 4.36. The Hall–Kier alpha value is -1.37. The maximum atomic E-state index is 12.6. The van der Waals surface area contributed by atoms with Crippen LogP contribution in [-0.2, 0) is 23.1 Å². The van der Waals surface area contributed by atoms with Crippen LogP contribution in [0.25, 0.3) is 0 Å². The van der Waals surface area contributed by atoms with Crippen molar-refractivity contribution in [2.45, 2.75) is 45.7 Å². The minimum Gasteiger partial charge on any atom is -0.333 e. The molecule has 1 N–H and O–H groups in total. The second-order valence-electron chi connectivity index (χ2n) is 6.12. The van der Waals surface area contributed by atoms with E-state index in [4.69, 9.17) is 11.6 Å². The largest absolute Gasteiger partial charge is 0.333 e. The molecular formula is C16H22ClN3O2S. The lowest BCUT2D eigenvalue weighted by atomic mass is 10.2. The lowest BCUT2D eigenvalue weighted by Crippen LogP contribution is -2.25. The predicted octanol–water partition coefficient (Wildman–Crippen LogP) is 3.29. The molecule has 0 spiro atoms. The van der Waals surface area contributed by atoms with Crippen LogP contribution in [0.3, 0.4) is 0 Å². The summed E-state index contributed by atoms with van der Waals surface area (Å²) >= 11 is 6.04. The number of halogens is 1. The second kappa shape index (κ2) is 7.03. The van der Waals surface area contributed by atoms with E-state index in [0.717, 1.165) is 17.8 Å². The topological polar surface area (TPSA) is 64.0 Å². The molecule has 7 heteroatoms. The first-order valence-electron chi connectivity index (χ1n) is 7.46. The van der Waals surface area contributed by atoms with Crippen LogP contribution in [0.15, 0.2) is 29.6 Å². The first-order valence-corrected chi connectivity index (χ1v) is 9.32. The van der Waals surface area contributed by atoms with E-state index < -0.39 is 10.0 Å². The van der Waals surface area contributed by atoms with Crippen LogP contribution in [0.1, 0.15) is 30.7 Å². The Morgan fingerprint density at radius 2 is 1.96 bits per heavy atom. The molecule has 0 saturated carbocycles. The van der Waals surface area contributed by atoms with Gasteiger partial charge >= 0.3 is 0 Å². The fourth-order valence-corrected chi connectivity index (χ4v) is 3.87. The number of imidazole rings is 1. The van der Waals surface area contributed by atoms with Gasteiger partial charge in [-0.2, -0.15) is 0 Å². The van der Waals surface area contributed by atoms with Gasteiger partial charge < -0.3 is 4.57 Å². The Bertz CT molecular complexity index is 798. The first-order chi connectivity index (χ1) is 10.7. The second-order valence-corrected chi connectivity index (χ2v) is 8.27. The molecule has 1 aromatic carbocycles. The third-order valence-corrected chi connectivity index (χ3v) is 5.50. The van der Waals surface area contributed by atoms with Crippen molar-refractivity contribution in [3.8, 4) is 0 Å². The van der Waals surface area contributed by atoms with Crippen LogP contribution in [0.4, 0.5) is 0 Å². The van der Waals surface area contributed by atoms with Crippen LogP contribution in [0.5, 0.6) is 0 Å². The van der Waals surface area contributed by atoms with E-state index in [1.807, 2.05) is 4.57 Å². The standard InChI is InChI=1S/C16H22ClN3O2S/c1-11(2)9-20-10-18-7-14(20)8-19-23(21,22)16-6-12(3)15(17)5-13(16)4/h5-7,10-11,19H,8-9H2,1-4H3. The quantitative estimate of drug-likeness (QED) is 0.864. The summed E-state index contributed by atoms with van der Waals surface area (Å²) in [6.07, 6.45) is 3.41. The van der Waals surface area contributed by atoms with E-state index in [9.17, 15) is 8.42 Å². The molecule has 0 radical (unpaired) electrons. The number of nitrogens with zero attached hydrogens (tertiary/aromatic N) is 2. The summed E-state index contributed by atoms with van der Waals surface area (Å²) in [6.45, 7) is 8.75. The van der Waals surface area contributed by atoms with Crippen LogP contribution in [-0.4, -0.2) is 18.0 Å². The van der Waals surface area contributed by atoms with Crippen LogP contribution in [0.2, 0.25) is 5.02 Å². The SMILES string of the molecule is Cc1cc(S(=O)(=O)NCc2cncn2CC(C)C)c(C)cc1Cl. The number of hydrogen-bond acceptors (Lipinski definition) is 3. The van der Waals surface area contributed by atoms with Gasteiger partial charge in [-0.1, -0.05) is 25.4 Å². The van der Waals surface area contributed by atoms with Crippen molar-refractivity contribution in [1.29, 1.82) is 0 Å². The highest BCUT2D eigenvalue weighted by Crippen LogP contribution is 2.23. The van der Waals surface area contributed by atoms with E-state index in [0.29, 0.717) is 16.5 Å². The molecule has 2 rings (SSSR count). The molecule has 0 amide bonds. The zero-order valence-electron chi connectivity index (χ0n) is 13.8. The minimum atomic E-state index is -3.60. The molecule has 0 saturated heterocycles. The number of sulfonamides is 1. The molecule has 5 nitrogen and oxygen atoms in total. The summed E-state index contributed by atoms with van der Waals surface area (Å²) in [5.74, 6) is 0.459. The van der Waals surface area contributed by atoms with Gasteiger partial charge in [-0.15, -0.1) is 0 Å². The van der Waals surface area contributed by atoms with Crippen molar-refractivity contribution in [2.75, 3.05) is 0 Å². The lowest BCUT2D eigenvalue weighted by Gasteiger charge is -2.13. The summed E-state index contributed by atoms with van der Waals surface area (Å²) in [5.41, 5.74) is 2.21. The van der Waals surface area contributed by atoms with Crippen molar-refractivity contribution >= 4 is 21.6 Å². The number of benzene rings is 1. The van der Waals surface area contributed by atoms with Gasteiger partial charge in [-0.05, 0) is 43.0 Å². The Labute approximate surface area is 142 Å². The van der Waals surface area contributed by atoms with Gasteiger partial charge in [0.05, 0.1) is 23.5 Å². The Morgan fingerprint density at radius 1 is 1.26 bits per heavy atom. The van der Waals surface area contributed by atoms with Gasteiger partial charge in [-0.3, -0.25) is 0 Å². The Morgan fingerprint density at radius 3 is 2.61 bits per heavy atom. The van der Waals surface area contributed by atoms with E-state index in [1.54, 1.807) is 38.5 Å². The summed E-state index contributed by atoms with van der Waals surface area (Å²) < 4.78 is 29.7. The molecule has 0 bridgehead atoms. The van der Waals surface area contributed by atoms with Crippen molar-refractivity contribution in [1.82, 2.24) is 14.3 Å². The number of rotatable bonds is 6. The monoisotopic (exact) mass is 355 g/mol. The molecule has 0 atom stereocenters. The number of hydrogen-bond donors (Lipinski definition) is 1. The zero-order valence-corrected chi connectivity index (χ0v) is 15.4. The summed E-state index contributed by atoms with van der Waals surface area (Å²) in [6, 6.07) is 3.28. The fraction of sp³-hybridized carbons (Fsp3) is 0.438. The van der Waals surface area contributed by atoms with Gasteiger partial charge in [0.15, 0.2) is 0 Å². The third kappa shape index (κ3) is 4.34. The zero-order chi connectivity index (χ0) is 17.2. The van der Waals surface area contributed by atoms with E-state index >= 15 is 0 Å². The highest BCUT2D eigenvalue weighted by Gasteiger charge is 2.18. The van der Waals surface area contributed by atoms with E-state index in [-0.39, 0.29) is 11.4 Å². The van der Waals surface area contributed by atoms with E-state index in [1.165, 1.54) is 0 Å². The first kappa shape index (κ1) is 18.0. The van der Waals surface area contributed by atoms with Crippen molar-refractivity contribution in [3.05, 3.63) is 46.5 Å².